The minimum Gasteiger partial charge on any atom is -0.391 e. The number of carbonyl (C=O) groups is 1. The van der Waals surface area contributed by atoms with Crippen LogP contribution < -0.4 is 10.6 Å². The molecule has 10 nitrogen and oxygen atoms in total. The average Bonchev–Trinajstić information content (AvgIpc) is 2.79. The van der Waals surface area contributed by atoms with Crippen LogP contribution in [-0.4, -0.2) is 87.9 Å². The number of ether oxygens (including phenoxy) is 3. The van der Waals surface area contributed by atoms with Crippen molar-refractivity contribution in [2.24, 2.45) is 5.92 Å². The summed E-state index contributed by atoms with van der Waals surface area (Å²) in [6.07, 6.45) is -1.82. The molecule has 0 aromatic carbocycles. The molecule has 0 bridgehead atoms. The zero-order valence-corrected chi connectivity index (χ0v) is 19.3. The normalized spacial score (nSPS) is 42.8. The third-order valence-electron chi connectivity index (χ3n) is 7.10. The molecule has 5 N–H and O–H groups in total. The van der Waals surface area contributed by atoms with Gasteiger partial charge in [-0.25, -0.2) is 0 Å². The molecule has 2 aliphatic heterocycles. The lowest BCUT2D eigenvalue weighted by molar-refractivity contribution is -0.450. The van der Waals surface area contributed by atoms with Crippen LogP contribution in [0.15, 0.2) is 24.4 Å². The summed E-state index contributed by atoms with van der Waals surface area (Å²) in [5, 5.41) is 39.2. The molecule has 4 rings (SSSR count). The molecule has 1 aromatic rings. The summed E-state index contributed by atoms with van der Waals surface area (Å²) in [7, 11) is 1.69. The van der Waals surface area contributed by atoms with Gasteiger partial charge in [-0.05, 0) is 45.4 Å². The number of likely N-dealkylation sites (N-methyl/N-ethyl adjacent to an activating group) is 1. The molecule has 1 aliphatic carbocycles. The molecular weight excluding hydrogens is 430 g/mol. The first-order valence-electron chi connectivity index (χ1n) is 11.7. The second kappa shape index (κ2) is 9.91. The van der Waals surface area contributed by atoms with E-state index < -0.39 is 54.5 Å². The maximum absolute atomic E-state index is 12.7. The summed E-state index contributed by atoms with van der Waals surface area (Å²) in [6.45, 7) is 3.72. The predicted molar refractivity (Wildman–Crippen MR) is 117 cm³/mol. The van der Waals surface area contributed by atoms with Gasteiger partial charge in [0.2, 0.25) is 18.0 Å². The van der Waals surface area contributed by atoms with Gasteiger partial charge in [0.05, 0.1) is 30.4 Å². The predicted octanol–water partition coefficient (Wildman–Crippen LogP) is -0.544. The van der Waals surface area contributed by atoms with Gasteiger partial charge >= 0.3 is 0 Å². The Morgan fingerprint density at radius 2 is 2.03 bits per heavy atom. The number of aliphatic hydroxyl groups is 3. The van der Waals surface area contributed by atoms with Crippen molar-refractivity contribution in [2.75, 3.05) is 7.05 Å². The average molecular weight is 466 g/mol. The first-order chi connectivity index (χ1) is 15.8. The Morgan fingerprint density at radius 3 is 2.70 bits per heavy atom. The summed E-state index contributed by atoms with van der Waals surface area (Å²) in [5.41, 5.74) is 0.803. The van der Waals surface area contributed by atoms with Crippen molar-refractivity contribution >= 4 is 5.91 Å². The lowest BCUT2D eigenvalue weighted by Gasteiger charge is -2.58. The van der Waals surface area contributed by atoms with Gasteiger partial charge in [-0.15, -0.1) is 0 Å². The Balaban J connectivity index is 1.51. The number of nitrogens with zero attached hydrogens (tertiary/aromatic N) is 1. The smallest absolute Gasteiger partial charge is 0.239 e. The number of hydrogen-bond acceptors (Lipinski definition) is 9. The van der Waals surface area contributed by atoms with Crippen molar-refractivity contribution in [3.05, 3.63) is 30.1 Å². The second-order valence-corrected chi connectivity index (χ2v) is 9.26. The number of fused-ring (bicyclic) bond motifs is 2. The molecule has 3 heterocycles. The largest absolute Gasteiger partial charge is 0.391 e. The number of aromatic nitrogens is 1. The minimum atomic E-state index is -1.97. The standard InChI is InChI=1S/C23H35N3O7/c1-4-14-18(28)17(24-3)20-21(19(14)29)32-22-23(30,33-20)15(11-12(2)31-22)26-16(27)9-8-13-7-5-6-10-25-13/h5-7,10,12,14-15,17-22,24,28-30H,4,8-9,11H2,1-3H3,(H,26,27)/t12-,14-,15-,17+,18+,19-,20?,21?,22?,23+/m1/s1. The van der Waals surface area contributed by atoms with Gasteiger partial charge in [-0.1, -0.05) is 13.0 Å². The van der Waals surface area contributed by atoms with E-state index in [-0.39, 0.29) is 18.4 Å². The van der Waals surface area contributed by atoms with Gasteiger partial charge in [-0.3, -0.25) is 9.78 Å². The number of carbonyl (C=O) groups excluding carboxylic acids is 1. The molecule has 184 valence electrons. The fourth-order valence-corrected chi connectivity index (χ4v) is 5.29. The summed E-state index contributed by atoms with van der Waals surface area (Å²) in [6, 6.07) is 4.17. The minimum absolute atomic E-state index is 0.200. The van der Waals surface area contributed by atoms with Gasteiger partial charge in [-0.2, -0.15) is 0 Å². The van der Waals surface area contributed by atoms with Gasteiger partial charge in [0.25, 0.3) is 0 Å². The van der Waals surface area contributed by atoms with E-state index in [4.69, 9.17) is 14.2 Å². The maximum atomic E-state index is 12.7. The Morgan fingerprint density at radius 1 is 1.24 bits per heavy atom. The zero-order chi connectivity index (χ0) is 23.8. The summed E-state index contributed by atoms with van der Waals surface area (Å²) in [5.74, 6) is -2.64. The summed E-state index contributed by atoms with van der Waals surface area (Å²) >= 11 is 0. The van der Waals surface area contributed by atoms with Crippen LogP contribution in [0.25, 0.3) is 0 Å². The fourth-order valence-electron chi connectivity index (χ4n) is 5.29. The van der Waals surface area contributed by atoms with Crippen LogP contribution in [0.1, 0.15) is 38.8 Å². The van der Waals surface area contributed by atoms with Gasteiger partial charge < -0.3 is 40.2 Å². The fraction of sp³-hybridized carbons (Fsp3) is 0.739. The molecule has 3 unspecified atom stereocenters. The van der Waals surface area contributed by atoms with Crippen LogP contribution in [-0.2, 0) is 25.4 Å². The van der Waals surface area contributed by atoms with E-state index in [0.717, 1.165) is 5.69 Å². The molecular formula is C23H35N3O7. The van der Waals surface area contributed by atoms with E-state index in [1.54, 1.807) is 13.2 Å². The molecule has 1 aromatic heterocycles. The van der Waals surface area contributed by atoms with Crippen molar-refractivity contribution < 1.29 is 34.3 Å². The number of pyridine rings is 1. The van der Waals surface area contributed by atoms with E-state index in [9.17, 15) is 20.1 Å². The van der Waals surface area contributed by atoms with Crippen LogP contribution in [0.5, 0.6) is 0 Å². The van der Waals surface area contributed by atoms with Crippen LogP contribution in [0, 0.1) is 5.92 Å². The molecule has 0 spiro atoms. The number of amides is 1. The van der Waals surface area contributed by atoms with Gasteiger partial charge in [0.1, 0.15) is 12.2 Å². The highest BCUT2D eigenvalue weighted by molar-refractivity contribution is 5.76. The van der Waals surface area contributed by atoms with E-state index >= 15 is 0 Å². The van der Waals surface area contributed by atoms with Crippen LogP contribution in [0.2, 0.25) is 0 Å². The van der Waals surface area contributed by atoms with Crippen molar-refractivity contribution in [1.82, 2.24) is 15.6 Å². The highest BCUT2D eigenvalue weighted by Crippen LogP contribution is 2.43. The monoisotopic (exact) mass is 465 g/mol. The zero-order valence-electron chi connectivity index (χ0n) is 19.3. The molecule has 10 heteroatoms. The number of aliphatic hydroxyl groups excluding tert-OH is 2. The van der Waals surface area contributed by atoms with Crippen molar-refractivity contribution in [3.8, 4) is 0 Å². The van der Waals surface area contributed by atoms with Gasteiger partial charge in [0.15, 0.2) is 0 Å². The number of aryl methyl sites for hydroxylation is 1. The molecule has 1 saturated carbocycles. The number of hydrogen-bond donors (Lipinski definition) is 5. The Labute approximate surface area is 193 Å². The lowest BCUT2D eigenvalue weighted by atomic mass is 9.74. The molecule has 1 amide bonds. The molecule has 10 atom stereocenters. The number of rotatable bonds is 6. The third-order valence-corrected chi connectivity index (χ3v) is 7.10. The molecule has 33 heavy (non-hydrogen) atoms. The Hall–Kier alpha value is -1.66. The first kappa shape index (κ1) is 24.5. The van der Waals surface area contributed by atoms with E-state index in [1.807, 2.05) is 32.0 Å². The number of nitrogens with one attached hydrogen (secondary N) is 2. The Kier molecular flexibility index (Phi) is 7.35. The third kappa shape index (κ3) is 4.66. The quantitative estimate of drug-likeness (QED) is 0.374. The first-order valence-corrected chi connectivity index (χ1v) is 11.7. The van der Waals surface area contributed by atoms with Crippen molar-refractivity contribution in [3.63, 3.8) is 0 Å². The topological polar surface area (TPSA) is 142 Å². The van der Waals surface area contributed by atoms with Crippen molar-refractivity contribution in [1.29, 1.82) is 0 Å². The van der Waals surface area contributed by atoms with Gasteiger partial charge in [0, 0.05) is 24.2 Å². The van der Waals surface area contributed by atoms with Crippen LogP contribution >= 0.6 is 0 Å². The molecule has 3 aliphatic rings. The van der Waals surface area contributed by atoms with E-state index in [2.05, 4.69) is 15.6 Å². The SMILES string of the molecule is CC[C@@H]1[C@H](O)[C@H](NC)C2O[C@]3(O)C(OC2[C@@H]1O)O[C@H](C)C[C@H]3NC(=O)CCc1ccccn1. The summed E-state index contributed by atoms with van der Waals surface area (Å²) < 4.78 is 18.1. The lowest BCUT2D eigenvalue weighted by Crippen LogP contribution is -2.77. The maximum Gasteiger partial charge on any atom is 0.239 e. The van der Waals surface area contributed by atoms with Crippen LogP contribution in [0.4, 0.5) is 0 Å². The molecule has 2 saturated heterocycles. The van der Waals surface area contributed by atoms with Crippen molar-refractivity contribution in [2.45, 2.75) is 94.2 Å². The van der Waals surface area contributed by atoms with E-state index in [0.29, 0.717) is 19.3 Å². The second-order valence-electron chi connectivity index (χ2n) is 9.26. The molecule has 3 fully saturated rings. The molecule has 0 radical (unpaired) electrons. The highest BCUT2D eigenvalue weighted by Gasteiger charge is 2.63. The van der Waals surface area contributed by atoms with Crippen LogP contribution in [0.3, 0.4) is 0 Å². The highest BCUT2D eigenvalue weighted by atomic mass is 16.8. The Bertz CT molecular complexity index is 815. The van der Waals surface area contributed by atoms with E-state index in [1.165, 1.54) is 0 Å². The summed E-state index contributed by atoms with van der Waals surface area (Å²) in [4.78, 5) is 16.9.